The Kier molecular flexibility index (Phi) is 6.58. The molecule has 2 N–H and O–H groups in total. The van der Waals surface area contributed by atoms with Crippen molar-refractivity contribution in [3.05, 3.63) is 29.8 Å². The Morgan fingerprint density at radius 1 is 1.24 bits per heavy atom. The van der Waals surface area contributed by atoms with Gasteiger partial charge in [0, 0.05) is 12.1 Å². The number of sulfonamides is 1. The number of nitrogens with zero attached hydrogens (tertiary/aromatic N) is 1. The summed E-state index contributed by atoms with van der Waals surface area (Å²) in [5.74, 6) is 0.620. The highest BCUT2D eigenvalue weighted by Gasteiger charge is 2.31. The molecule has 6 nitrogen and oxygen atoms in total. The van der Waals surface area contributed by atoms with E-state index in [0.717, 1.165) is 19.3 Å². The Bertz CT molecular complexity index is 742. The average molecular weight is 365 g/mol. The molecular formula is C18H27N3O3S. The highest BCUT2D eigenvalue weighted by Crippen LogP contribution is 2.23. The van der Waals surface area contributed by atoms with Crippen molar-refractivity contribution in [2.24, 2.45) is 10.9 Å². The van der Waals surface area contributed by atoms with Gasteiger partial charge < -0.3 is 5.32 Å². The van der Waals surface area contributed by atoms with E-state index in [-0.39, 0.29) is 16.6 Å². The molecule has 1 aliphatic rings. The molecule has 0 spiro atoms. The molecule has 0 radical (unpaired) electrons. The van der Waals surface area contributed by atoms with Gasteiger partial charge in [0.2, 0.25) is 5.91 Å². The van der Waals surface area contributed by atoms with Gasteiger partial charge in [0.15, 0.2) is 0 Å². The van der Waals surface area contributed by atoms with Crippen LogP contribution in [0.5, 0.6) is 0 Å². The minimum absolute atomic E-state index is 0.148. The predicted molar refractivity (Wildman–Crippen MR) is 99.1 cm³/mol. The number of amides is 1. The fourth-order valence-electron chi connectivity index (χ4n) is 2.64. The maximum absolute atomic E-state index is 12.5. The van der Waals surface area contributed by atoms with Gasteiger partial charge in [0.05, 0.1) is 4.90 Å². The number of benzene rings is 1. The number of aliphatic imine (C=N–C) groups is 1. The Morgan fingerprint density at radius 3 is 2.64 bits per heavy atom. The lowest BCUT2D eigenvalue weighted by Crippen LogP contribution is -2.36. The fourth-order valence-corrected chi connectivity index (χ4v) is 3.88. The second-order valence-corrected chi connectivity index (χ2v) is 8.36. The van der Waals surface area contributed by atoms with Crippen molar-refractivity contribution in [3.63, 3.8) is 0 Å². The molecule has 1 unspecified atom stereocenters. The number of hydrogen-bond acceptors (Lipinski definition) is 4. The molecular weight excluding hydrogens is 338 g/mol. The van der Waals surface area contributed by atoms with Gasteiger partial charge in [-0.15, -0.1) is 0 Å². The third-order valence-corrected chi connectivity index (χ3v) is 5.50. The van der Waals surface area contributed by atoms with Crippen molar-refractivity contribution < 1.29 is 13.2 Å². The van der Waals surface area contributed by atoms with Crippen LogP contribution in [0.15, 0.2) is 34.2 Å². The molecule has 0 fully saturated rings. The molecule has 25 heavy (non-hydrogen) atoms. The molecule has 1 aromatic carbocycles. The molecule has 1 heterocycles. The number of rotatable bonds is 8. The van der Waals surface area contributed by atoms with Crippen LogP contribution in [0, 0.1) is 5.92 Å². The summed E-state index contributed by atoms with van der Waals surface area (Å²) in [7, 11) is -3.59. The van der Waals surface area contributed by atoms with Crippen molar-refractivity contribution in [2.45, 2.75) is 57.4 Å². The van der Waals surface area contributed by atoms with Crippen molar-refractivity contribution in [2.75, 3.05) is 6.54 Å². The molecule has 1 atom stereocenters. The van der Waals surface area contributed by atoms with E-state index >= 15 is 0 Å². The van der Waals surface area contributed by atoms with Crippen molar-refractivity contribution >= 4 is 21.8 Å². The maximum atomic E-state index is 12.5. The van der Waals surface area contributed by atoms with Crippen LogP contribution >= 0.6 is 0 Å². The molecule has 1 amide bonds. The summed E-state index contributed by atoms with van der Waals surface area (Å²) >= 11 is 0. The molecule has 7 heteroatoms. The van der Waals surface area contributed by atoms with Crippen LogP contribution in [0.1, 0.15) is 52.0 Å². The van der Waals surface area contributed by atoms with Crippen LogP contribution in [0.3, 0.4) is 0 Å². The van der Waals surface area contributed by atoms with E-state index in [2.05, 4.69) is 35.8 Å². The molecule has 0 aromatic heterocycles. The molecule has 0 bridgehead atoms. The second-order valence-electron chi connectivity index (χ2n) is 6.71. The highest BCUT2D eigenvalue weighted by molar-refractivity contribution is 7.90. The standard InChI is InChI=1S/C18H27N3O3S/c1-4-5-9-15(18(22)19-12-11-13(2)3)20-17-14-8-6-7-10-16(14)25(23,24)21-17/h6-8,10,13,15H,4-5,9,11-12H2,1-3H3,(H,19,22)(H,20,21). The largest absolute Gasteiger partial charge is 0.354 e. The van der Waals surface area contributed by atoms with E-state index in [1.54, 1.807) is 24.3 Å². The Balaban J connectivity index is 2.21. The minimum atomic E-state index is -3.59. The third-order valence-electron chi connectivity index (χ3n) is 4.10. The number of carbonyl (C=O) groups is 1. The van der Waals surface area contributed by atoms with Crippen molar-refractivity contribution in [1.29, 1.82) is 0 Å². The van der Waals surface area contributed by atoms with Crippen LogP contribution in [0.2, 0.25) is 0 Å². The molecule has 0 aliphatic carbocycles. The first kappa shape index (κ1) is 19.4. The van der Waals surface area contributed by atoms with Crippen LogP contribution < -0.4 is 10.0 Å². The summed E-state index contributed by atoms with van der Waals surface area (Å²) in [5.41, 5.74) is 0.527. The topological polar surface area (TPSA) is 87.6 Å². The van der Waals surface area contributed by atoms with Gasteiger partial charge >= 0.3 is 0 Å². The monoisotopic (exact) mass is 365 g/mol. The molecule has 0 saturated heterocycles. The number of hydrogen-bond donors (Lipinski definition) is 2. The first-order valence-electron chi connectivity index (χ1n) is 8.83. The Morgan fingerprint density at radius 2 is 1.96 bits per heavy atom. The zero-order valence-corrected chi connectivity index (χ0v) is 15.9. The third kappa shape index (κ3) is 5.04. The quantitative estimate of drug-likeness (QED) is 0.742. The summed E-state index contributed by atoms with van der Waals surface area (Å²) in [6, 6.07) is 6.11. The van der Waals surface area contributed by atoms with Crippen molar-refractivity contribution in [3.8, 4) is 0 Å². The van der Waals surface area contributed by atoms with E-state index in [0.29, 0.717) is 24.4 Å². The van der Waals surface area contributed by atoms with Gasteiger partial charge in [-0.1, -0.05) is 45.7 Å². The molecule has 2 rings (SSSR count). The summed E-state index contributed by atoms with van der Waals surface area (Å²) in [5, 5.41) is 2.92. The van der Waals surface area contributed by atoms with Gasteiger partial charge in [-0.25, -0.2) is 8.42 Å². The lowest BCUT2D eigenvalue weighted by Gasteiger charge is -2.14. The summed E-state index contributed by atoms with van der Waals surface area (Å²) in [4.78, 5) is 17.2. The number of fused-ring (bicyclic) bond motifs is 1. The number of carbonyl (C=O) groups excluding carboxylic acids is 1. The first-order chi connectivity index (χ1) is 11.8. The number of amidine groups is 1. The normalized spacial score (nSPS) is 18.0. The van der Waals surface area contributed by atoms with E-state index < -0.39 is 16.1 Å². The summed E-state index contributed by atoms with van der Waals surface area (Å²) < 4.78 is 26.8. The Hall–Kier alpha value is -1.89. The van der Waals surface area contributed by atoms with Crippen LogP contribution in [0.25, 0.3) is 0 Å². The molecule has 1 aromatic rings. The summed E-state index contributed by atoms with van der Waals surface area (Å²) in [6.45, 7) is 6.86. The van der Waals surface area contributed by atoms with Crippen molar-refractivity contribution in [1.82, 2.24) is 10.0 Å². The average Bonchev–Trinajstić information content (AvgIpc) is 2.82. The van der Waals surface area contributed by atoms with E-state index in [1.807, 2.05) is 0 Å². The van der Waals surface area contributed by atoms with Gasteiger partial charge in [-0.2, -0.15) is 0 Å². The lowest BCUT2D eigenvalue weighted by molar-refractivity contribution is -0.122. The summed E-state index contributed by atoms with van der Waals surface area (Å²) in [6.07, 6.45) is 3.30. The van der Waals surface area contributed by atoms with E-state index in [1.165, 1.54) is 0 Å². The zero-order valence-electron chi connectivity index (χ0n) is 15.1. The van der Waals surface area contributed by atoms with Gasteiger partial charge in [-0.05, 0) is 30.9 Å². The van der Waals surface area contributed by atoms with Crippen LogP contribution in [-0.2, 0) is 14.8 Å². The van der Waals surface area contributed by atoms with Crippen LogP contribution in [0.4, 0.5) is 0 Å². The smallest absolute Gasteiger partial charge is 0.263 e. The molecule has 1 aliphatic heterocycles. The van der Waals surface area contributed by atoms with E-state index in [4.69, 9.17) is 0 Å². The maximum Gasteiger partial charge on any atom is 0.263 e. The second kappa shape index (κ2) is 8.47. The van der Waals surface area contributed by atoms with Gasteiger partial charge in [0.1, 0.15) is 11.9 Å². The lowest BCUT2D eigenvalue weighted by atomic mass is 10.1. The number of nitrogens with one attached hydrogen (secondary N) is 2. The van der Waals surface area contributed by atoms with Crippen LogP contribution in [-0.4, -0.2) is 32.7 Å². The minimum Gasteiger partial charge on any atom is -0.354 e. The predicted octanol–water partition coefficient (Wildman–Crippen LogP) is 2.45. The first-order valence-corrected chi connectivity index (χ1v) is 10.3. The number of unbranched alkanes of at least 4 members (excludes halogenated alkanes) is 1. The zero-order chi connectivity index (χ0) is 18.4. The molecule has 138 valence electrons. The molecule has 0 saturated carbocycles. The van der Waals surface area contributed by atoms with E-state index in [9.17, 15) is 13.2 Å². The van der Waals surface area contributed by atoms with Gasteiger partial charge in [-0.3, -0.25) is 14.5 Å². The fraction of sp³-hybridized carbons (Fsp3) is 0.556. The highest BCUT2D eigenvalue weighted by atomic mass is 32.2. The Labute approximate surface area is 150 Å². The SMILES string of the molecule is CCCCC(N=C1NS(=O)(=O)c2ccccc21)C(=O)NCCC(C)C. The van der Waals surface area contributed by atoms with Gasteiger partial charge in [0.25, 0.3) is 10.0 Å².